The average molecular weight is 941 g/mol. The number of benzene rings is 4. The van der Waals surface area contributed by atoms with Crippen molar-refractivity contribution < 1.29 is 38.1 Å². The van der Waals surface area contributed by atoms with Gasteiger partial charge in [-0.2, -0.15) is 19.0 Å². The van der Waals surface area contributed by atoms with E-state index in [4.69, 9.17) is 20.0 Å². The standard InChI is InChI=1S/C10H14O3S2.C10H12OS2.C8H9ClS.C8H10S.Cl2O2S.2H2O/c1-8-3-5-10(6-4-8)15(12,13)7-14-9(2)11;1-8-3-5-10(6-4-8)13-7-12-9(2)11;1-7-2-4-8(5-3-7)10-6-9;1-7-3-5-8(9-2)6-4-7;1-5(2,3)4;;/h3-6,12-13H,7H2,1-2H3;3-6H,7H2,1-2H3;2-5H,6H2,1H3;3-6H,1-2H3;;2*1H2. The van der Waals surface area contributed by atoms with Crippen LogP contribution in [0, 0.1) is 27.7 Å². The summed E-state index contributed by atoms with van der Waals surface area (Å²) in [6.45, 7) is 11.2. The SMILES string of the molecule is CC(=O)SCS(O)(O)c1ccc(C)cc1.CC(=O)SCSc1ccc(C)cc1.CSc1ccc(C)cc1.Cc1ccc(SCCl)cc1.O.O.O=S(=O)(Cl)Cl. The van der Waals surface area contributed by atoms with Crippen LogP contribution in [0.3, 0.4) is 0 Å². The molecule has 0 amide bonds. The predicted molar refractivity (Wildman–Crippen MR) is 244 cm³/mol. The first kappa shape index (κ1) is 57.3. The number of carbonyl (C=O) groups is 2. The van der Waals surface area contributed by atoms with E-state index in [2.05, 4.69) is 121 Å². The van der Waals surface area contributed by atoms with Crippen molar-refractivity contribution in [3.8, 4) is 0 Å². The molecule has 54 heavy (non-hydrogen) atoms. The maximum absolute atomic E-state index is 10.7. The monoisotopic (exact) mass is 938 g/mol. The van der Waals surface area contributed by atoms with Crippen LogP contribution in [-0.4, -0.2) is 60.3 Å². The van der Waals surface area contributed by atoms with Crippen LogP contribution in [-0.2, 0) is 17.9 Å². The molecule has 0 heterocycles. The number of hydrogen-bond acceptors (Lipinski definition) is 11. The van der Waals surface area contributed by atoms with Crippen LogP contribution in [0.5, 0.6) is 0 Å². The summed E-state index contributed by atoms with van der Waals surface area (Å²) >= 11 is 13.0. The Balaban J connectivity index is -0.000000617. The number of thioether (sulfide) groups is 5. The van der Waals surface area contributed by atoms with Crippen LogP contribution < -0.4 is 0 Å². The molecule has 0 radical (unpaired) electrons. The van der Waals surface area contributed by atoms with Crippen LogP contribution in [0.15, 0.2) is 117 Å². The summed E-state index contributed by atoms with van der Waals surface area (Å²) in [5, 5.41) is 1.54. The highest BCUT2D eigenvalue weighted by Gasteiger charge is 2.16. The second-order valence-corrected chi connectivity index (χ2v) is 22.8. The summed E-state index contributed by atoms with van der Waals surface area (Å²) in [5.74, 6) is 0. The van der Waals surface area contributed by atoms with Gasteiger partial charge < -0.3 is 11.0 Å². The van der Waals surface area contributed by atoms with Crippen LogP contribution in [0.1, 0.15) is 36.1 Å². The van der Waals surface area contributed by atoms with E-state index in [1.165, 1.54) is 50.1 Å². The first-order valence-electron chi connectivity index (χ1n) is 15.0. The third-order valence-electron chi connectivity index (χ3n) is 5.83. The van der Waals surface area contributed by atoms with Gasteiger partial charge in [-0.3, -0.25) is 18.7 Å². The molecule has 0 aliphatic carbocycles. The second kappa shape index (κ2) is 32.0. The van der Waals surface area contributed by atoms with Gasteiger partial charge in [-0.05, 0) is 82.5 Å². The number of rotatable bonds is 9. The average Bonchev–Trinajstić information content (AvgIpc) is 3.07. The zero-order chi connectivity index (χ0) is 39.7. The van der Waals surface area contributed by atoms with Crippen molar-refractivity contribution in [1.29, 1.82) is 0 Å². The Morgan fingerprint density at radius 1 is 0.593 bits per heavy atom. The Bertz CT molecular complexity index is 1690. The molecular weight excluding hydrogens is 891 g/mol. The van der Waals surface area contributed by atoms with Gasteiger partial charge in [0.2, 0.25) is 0 Å². The fourth-order valence-corrected chi connectivity index (χ4v) is 8.63. The number of alkyl halides is 1. The molecule has 0 fully saturated rings. The first-order chi connectivity index (χ1) is 24.2. The Labute approximate surface area is 358 Å². The lowest BCUT2D eigenvalue weighted by atomic mass is 10.2. The predicted octanol–water partition coefficient (Wildman–Crippen LogP) is 11.7. The molecule has 4 aromatic rings. The van der Waals surface area contributed by atoms with E-state index in [9.17, 15) is 18.7 Å². The Kier molecular flexibility index (Phi) is 34.0. The molecule has 0 unspecified atom stereocenters. The molecule has 0 spiro atoms. The van der Waals surface area contributed by atoms with Crippen molar-refractivity contribution >= 4 is 121 Å². The molecule has 0 bridgehead atoms. The number of halogens is 3. The van der Waals surface area contributed by atoms with Gasteiger partial charge in [0.1, 0.15) is 0 Å². The third-order valence-corrected chi connectivity index (χ3v) is 12.8. The molecule has 0 aliphatic rings. The highest BCUT2D eigenvalue weighted by atomic mass is 36.0. The van der Waals surface area contributed by atoms with Crippen LogP contribution in [0.25, 0.3) is 0 Å². The highest BCUT2D eigenvalue weighted by Crippen LogP contribution is 2.50. The molecule has 18 heteroatoms. The van der Waals surface area contributed by atoms with Gasteiger partial charge >= 0.3 is 8.26 Å². The quantitative estimate of drug-likeness (QED) is 0.0708. The summed E-state index contributed by atoms with van der Waals surface area (Å²) in [7, 11) is 1.98. The maximum Gasteiger partial charge on any atom is 0.317 e. The Hall–Kier alpha value is -1.02. The molecular formula is C36H49Cl3O8S7. The lowest BCUT2D eigenvalue weighted by molar-refractivity contribution is -0.109. The van der Waals surface area contributed by atoms with Gasteiger partial charge in [0, 0.05) is 49.9 Å². The number of aryl methyl sites for hydroxylation is 4. The van der Waals surface area contributed by atoms with Gasteiger partial charge in [-0.25, -0.2) is 0 Å². The summed E-state index contributed by atoms with van der Waals surface area (Å²) in [6, 6.07) is 32.2. The molecule has 0 saturated heterocycles. The zero-order valence-electron chi connectivity index (χ0n) is 30.9. The summed E-state index contributed by atoms with van der Waals surface area (Å²) < 4.78 is 37.9. The smallest absolute Gasteiger partial charge is 0.317 e. The van der Waals surface area contributed by atoms with Crippen LogP contribution in [0.2, 0.25) is 0 Å². The molecule has 4 aromatic carbocycles. The second-order valence-electron chi connectivity index (χ2n) is 10.4. The molecule has 0 aliphatic heterocycles. The molecule has 304 valence electrons. The first-order valence-corrected chi connectivity index (χ1v) is 25.6. The van der Waals surface area contributed by atoms with E-state index in [0.717, 1.165) is 22.4 Å². The van der Waals surface area contributed by atoms with E-state index in [-0.39, 0.29) is 26.3 Å². The van der Waals surface area contributed by atoms with Crippen molar-refractivity contribution in [2.75, 3.05) is 21.6 Å². The number of carbonyl (C=O) groups excluding carboxylic acids is 2. The summed E-state index contributed by atoms with van der Waals surface area (Å²) in [4.78, 5) is 25.6. The van der Waals surface area contributed by atoms with Crippen LogP contribution >= 0.6 is 102 Å². The van der Waals surface area contributed by atoms with E-state index in [1.54, 1.807) is 54.3 Å². The molecule has 0 aromatic heterocycles. The lowest BCUT2D eigenvalue weighted by Crippen LogP contribution is -2.02. The van der Waals surface area contributed by atoms with Gasteiger partial charge in [0.05, 0.1) is 20.3 Å². The highest BCUT2D eigenvalue weighted by molar-refractivity contribution is 8.35. The minimum atomic E-state index is -3.72. The topological polar surface area (TPSA) is 172 Å². The van der Waals surface area contributed by atoms with Crippen molar-refractivity contribution in [3.05, 3.63) is 119 Å². The van der Waals surface area contributed by atoms with Crippen molar-refractivity contribution in [2.24, 2.45) is 0 Å². The van der Waals surface area contributed by atoms with Crippen molar-refractivity contribution in [1.82, 2.24) is 0 Å². The van der Waals surface area contributed by atoms with Gasteiger partial charge in [0.25, 0.3) is 0 Å². The molecule has 0 atom stereocenters. The Morgan fingerprint density at radius 3 is 1.22 bits per heavy atom. The molecule has 6 N–H and O–H groups in total. The zero-order valence-corrected chi connectivity index (χ0v) is 38.9. The van der Waals surface area contributed by atoms with E-state index in [1.807, 2.05) is 19.1 Å². The molecule has 8 nitrogen and oxygen atoms in total. The number of hydrogen-bond donors (Lipinski definition) is 2. The van der Waals surface area contributed by atoms with Crippen LogP contribution in [0.4, 0.5) is 0 Å². The van der Waals surface area contributed by atoms with Gasteiger partial charge in [-0.15, -0.1) is 46.9 Å². The van der Waals surface area contributed by atoms with Crippen molar-refractivity contribution in [3.63, 3.8) is 0 Å². The maximum atomic E-state index is 10.7. The van der Waals surface area contributed by atoms with Gasteiger partial charge in [0.15, 0.2) is 10.2 Å². The molecule has 0 saturated carbocycles. The largest absolute Gasteiger partial charge is 0.412 e. The van der Waals surface area contributed by atoms with E-state index in [0.29, 0.717) is 10.1 Å². The van der Waals surface area contributed by atoms with E-state index >= 15 is 0 Å². The fourth-order valence-electron chi connectivity index (χ4n) is 3.18. The summed E-state index contributed by atoms with van der Waals surface area (Å²) in [5.41, 5.74) is 4.95. The minimum Gasteiger partial charge on any atom is -0.412 e. The third kappa shape index (κ3) is 33.2. The minimum absolute atomic E-state index is 0. The molecule has 4 rings (SSSR count). The summed E-state index contributed by atoms with van der Waals surface area (Å²) in [6.07, 6.45) is 2.09. The van der Waals surface area contributed by atoms with Crippen molar-refractivity contribution in [2.45, 2.75) is 61.1 Å². The Morgan fingerprint density at radius 2 is 0.907 bits per heavy atom. The fraction of sp³-hybridized carbons (Fsp3) is 0.278. The normalized spacial score (nSPS) is 10.4. The lowest BCUT2D eigenvalue weighted by Gasteiger charge is -2.31. The van der Waals surface area contributed by atoms with Gasteiger partial charge in [-0.1, -0.05) is 94.3 Å². The van der Waals surface area contributed by atoms with E-state index < -0.39 is 18.9 Å².